The van der Waals surface area contributed by atoms with E-state index >= 15 is 0 Å². The van der Waals surface area contributed by atoms with E-state index in [0.717, 1.165) is 0 Å². The van der Waals surface area contributed by atoms with Gasteiger partial charge in [-0.05, 0) is 0 Å². The second-order valence-corrected chi connectivity index (χ2v) is 1.41. The van der Waals surface area contributed by atoms with Crippen molar-refractivity contribution in [2.24, 2.45) is 0 Å². The van der Waals surface area contributed by atoms with Crippen molar-refractivity contribution in [1.82, 2.24) is 0 Å². The first-order valence-electron chi connectivity index (χ1n) is 3.26. The van der Waals surface area contributed by atoms with Crippen LogP contribution < -0.4 is 207 Å². The molecule has 0 fully saturated rings. The Hall–Kier alpha value is 2.51. The standard InChI is InChI=1S/5CH2O3.3Cs.3H/c5*2-1(3)4;;;;;;/h5*(H2,2,3,4);;;;;;/q;;;;;3*+1;3*-1. The van der Waals surface area contributed by atoms with Crippen molar-refractivity contribution in [3.05, 3.63) is 0 Å². The number of hydrogen-bond donors (Lipinski definition) is 10. The largest absolute Gasteiger partial charge is 1.00 e. The minimum absolute atomic E-state index is 0. The summed E-state index contributed by atoms with van der Waals surface area (Å²) >= 11 is 0. The van der Waals surface area contributed by atoms with E-state index in [2.05, 4.69) is 0 Å². The summed E-state index contributed by atoms with van der Waals surface area (Å²) in [6, 6.07) is 0. The minimum atomic E-state index is -1.83. The topological polar surface area (TPSA) is 288 Å². The first-order chi connectivity index (χ1) is 8.66. The van der Waals surface area contributed by atoms with E-state index in [1.54, 1.807) is 0 Å². The van der Waals surface area contributed by atoms with Crippen LogP contribution in [0.25, 0.3) is 0 Å². The molecule has 0 aromatic rings. The van der Waals surface area contributed by atoms with Crippen LogP contribution in [0.5, 0.6) is 0 Å². The summed E-state index contributed by atoms with van der Waals surface area (Å²) < 4.78 is 0. The number of rotatable bonds is 0. The van der Waals surface area contributed by atoms with Gasteiger partial charge in [-0.25, -0.2) is 24.0 Å². The maximum absolute atomic E-state index is 8.56. The summed E-state index contributed by atoms with van der Waals surface area (Å²) in [4.78, 5) is 42.8. The maximum Gasteiger partial charge on any atom is 1.00 e. The molecule has 0 aromatic carbocycles. The molecule has 0 spiro atoms. The fourth-order valence-electron chi connectivity index (χ4n) is 0. The molecule has 23 heavy (non-hydrogen) atoms. The molecule has 126 valence electrons. The zero-order valence-electron chi connectivity index (χ0n) is 15.0. The summed E-state index contributed by atoms with van der Waals surface area (Å²) in [6.45, 7) is 0. The molecular weight excluding hydrogens is 699 g/mol. The molecule has 15 nitrogen and oxygen atoms in total. The Morgan fingerprint density at radius 1 is 0.348 bits per heavy atom. The van der Waals surface area contributed by atoms with E-state index in [1.165, 1.54) is 0 Å². The van der Waals surface area contributed by atoms with Crippen molar-refractivity contribution in [3.63, 3.8) is 0 Å². The minimum Gasteiger partial charge on any atom is -1.00 e. The molecule has 0 radical (unpaired) electrons. The van der Waals surface area contributed by atoms with Crippen LogP contribution in [0.2, 0.25) is 0 Å². The van der Waals surface area contributed by atoms with Crippen molar-refractivity contribution in [2.75, 3.05) is 0 Å². The van der Waals surface area contributed by atoms with Gasteiger partial charge in [-0.3, -0.25) is 0 Å². The third kappa shape index (κ3) is 1980. The van der Waals surface area contributed by atoms with Gasteiger partial charge in [0.2, 0.25) is 0 Å². The number of hydrogen-bond acceptors (Lipinski definition) is 5. The monoisotopic (exact) mass is 712 g/mol. The molecule has 0 amide bonds. The van der Waals surface area contributed by atoms with Gasteiger partial charge in [-0.2, -0.15) is 0 Å². The molecule has 0 atom stereocenters. The van der Waals surface area contributed by atoms with Gasteiger partial charge < -0.3 is 55.3 Å². The molecule has 0 saturated carbocycles. The van der Waals surface area contributed by atoms with E-state index in [9.17, 15) is 0 Å². The summed E-state index contributed by atoms with van der Waals surface area (Å²) in [7, 11) is 0. The molecule has 18 heteroatoms. The van der Waals surface area contributed by atoms with Crippen LogP contribution in [-0.4, -0.2) is 81.8 Å². The van der Waals surface area contributed by atoms with Crippen LogP contribution in [0.3, 0.4) is 0 Å². The van der Waals surface area contributed by atoms with E-state index in [0.29, 0.717) is 0 Å². The fraction of sp³-hybridized carbons (Fsp3) is 0. The second kappa shape index (κ2) is 44.2. The summed E-state index contributed by atoms with van der Waals surface area (Å²) in [6.07, 6.45) is -9.17. The molecule has 0 aliphatic carbocycles. The van der Waals surface area contributed by atoms with Crippen molar-refractivity contribution in [2.45, 2.75) is 0 Å². The van der Waals surface area contributed by atoms with Crippen LogP contribution in [0.15, 0.2) is 0 Å². The van der Waals surface area contributed by atoms with Crippen molar-refractivity contribution in [1.29, 1.82) is 0 Å². The molecule has 0 rings (SSSR count). The van der Waals surface area contributed by atoms with Gasteiger partial charge in [0.15, 0.2) is 0 Å². The molecule has 0 unspecified atom stereocenters. The van der Waals surface area contributed by atoms with Gasteiger partial charge in [-0.1, -0.05) is 0 Å². The number of carbonyl (C=O) groups is 5. The zero-order valence-corrected chi connectivity index (χ0v) is 30.9. The average molecular weight is 712 g/mol. The molecule has 0 aromatic heterocycles. The van der Waals surface area contributed by atoms with Crippen molar-refractivity contribution in [3.8, 4) is 0 Å². The Morgan fingerprint density at radius 2 is 0.348 bits per heavy atom. The van der Waals surface area contributed by atoms with Crippen LogP contribution in [0.1, 0.15) is 4.28 Å². The first kappa shape index (κ1) is 50.0. The molecule has 0 heterocycles. The van der Waals surface area contributed by atoms with Crippen molar-refractivity contribution >= 4 is 30.8 Å². The van der Waals surface area contributed by atoms with Crippen LogP contribution >= 0.6 is 0 Å². The van der Waals surface area contributed by atoms with Crippen molar-refractivity contribution < 1.29 is 286 Å². The first-order valence-corrected chi connectivity index (χ1v) is 3.26. The van der Waals surface area contributed by atoms with Gasteiger partial charge in [0.25, 0.3) is 0 Å². The fourth-order valence-corrected chi connectivity index (χ4v) is 0. The summed E-state index contributed by atoms with van der Waals surface area (Å²) in [5.74, 6) is 0. The zero-order chi connectivity index (χ0) is 17.9. The second-order valence-electron chi connectivity index (χ2n) is 1.41. The van der Waals surface area contributed by atoms with E-state index in [-0.39, 0.29) is 211 Å². The Labute approximate surface area is 307 Å². The van der Waals surface area contributed by atoms with Gasteiger partial charge in [0.05, 0.1) is 0 Å². The summed E-state index contributed by atoms with van der Waals surface area (Å²) in [5.41, 5.74) is 0. The Kier molecular flexibility index (Phi) is 96.0. The van der Waals surface area contributed by atoms with Gasteiger partial charge >= 0.3 is 237 Å². The molecular formula is C5H13Cs3O15. The third-order valence-corrected chi connectivity index (χ3v) is 0. The predicted octanol–water partition coefficient (Wildman–Crippen LogP) is -7.54. The molecule has 0 aliphatic rings. The Morgan fingerprint density at radius 3 is 0.348 bits per heavy atom. The van der Waals surface area contributed by atoms with E-state index in [4.69, 9.17) is 75.0 Å². The van der Waals surface area contributed by atoms with E-state index < -0.39 is 30.8 Å². The maximum atomic E-state index is 8.56. The quantitative estimate of drug-likeness (QED) is 0.112. The molecule has 0 aliphatic heterocycles. The van der Waals surface area contributed by atoms with Gasteiger partial charge in [-0.15, -0.1) is 0 Å². The van der Waals surface area contributed by atoms with Crippen LogP contribution in [0.4, 0.5) is 24.0 Å². The molecule has 10 N–H and O–H groups in total. The van der Waals surface area contributed by atoms with Crippen LogP contribution in [0, 0.1) is 0 Å². The third-order valence-electron chi connectivity index (χ3n) is 0. The molecule has 0 saturated heterocycles. The number of carboxylic acid groups (broad SMARTS) is 10. The SMILES string of the molecule is O=C(O)O.O=C(O)O.O=C(O)O.O=C(O)O.O=C(O)O.[Cs+].[Cs+].[Cs+].[H-].[H-].[H-]. The molecule has 0 bridgehead atoms. The van der Waals surface area contributed by atoms with Gasteiger partial charge in [0.1, 0.15) is 0 Å². The Bertz CT molecular complexity index is 227. The van der Waals surface area contributed by atoms with Crippen LogP contribution in [-0.2, 0) is 0 Å². The Balaban J connectivity index is -0.0000000114. The smallest absolute Gasteiger partial charge is 1.00 e. The predicted molar refractivity (Wildman–Crippen MR) is 56.6 cm³/mol. The normalized spacial score (nSPS) is 5.22. The summed E-state index contributed by atoms with van der Waals surface area (Å²) in [5, 5.41) is 69.7. The van der Waals surface area contributed by atoms with E-state index in [1.807, 2.05) is 0 Å². The van der Waals surface area contributed by atoms with Gasteiger partial charge in [0, 0.05) is 0 Å². The average Bonchev–Trinajstić information content (AvgIpc) is 1.94.